The largest absolute Gasteiger partial charge is 0.331 e. The van der Waals surface area contributed by atoms with E-state index >= 15 is 0 Å². The predicted molar refractivity (Wildman–Crippen MR) is 83.8 cm³/mol. The van der Waals surface area contributed by atoms with Crippen molar-refractivity contribution in [1.82, 2.24) is 14.9 Å². The van der Waals surface area contributed by atoms with Gasteiger partial charge in [-0.3, -0.25) is 0 Å². The first kappa shape index (κ1) is 13.6. The van der Waals surface area contributed by atoms with E-state index in [2.05, 4.69) is 40.0 Å². The van der Waals surface area contributed by atoms with Crippen LogP contribution in [0.15, 0.2) is 30.6 Å². The van der Waals surface area contributed by atoms with E-state index in [1.807, 2.05) is 12.4 Å². The maximum atomic E-state index is 4.44. The number of para-hydroxylation sites is 2. The van der Waals surface area contributed by atoms with Crippen LogP contribution in [0.25, 0.3) is 11.0 Å². The molecule has 1 aromatic carbocycles. The summed E-state index contributed by atoms with van der Waals surface area (Å²) in [6.45, 7) is 4.49. The van der Waals surface area contributed by atoms with Gasteiger partial charge in [0.05, 0.1) is 17.4 Å². The maximum Gasteiger partial charge on any atom is 0.0958 e. The highest BCUT2D eigenvalue weighted by Gasteiger charge is 2.24. The van der Waals surface area contributed by atoms with Crippen LogP contribution < -0.4 is 5.32 Å². The van der Waals surface area contributed by atoms with Crippen LogP contribution in [-0.4, -0.2) is 22.1 Å². The fourth-order valence-corrected chi connectivity index (χ4v) is 3.52. The molecule has 0 radical (unpaired) electrons. The van der Waals surface area contributed by atoms with Crippen LogP contribution in [0.2, 0.25) is 0 Å². The van der Waals surface area contributed by atoms with Crippen LogP contribution >= 0.6 is 0 Å². The van der Waals surface area contributed by atoms with E-state index in [1.54, 1.807) is 0 Å². The Bertz CT molecular complexity index is 546. The normalized spacial score (nSPS) is 22.6. The first-order valence-corrected chi connectivity index (χ1v) is 8.01. The third kappa shape index (κ3) is 2.88. The summed E-state index contributed by atoms with van der Waals surface area (Å²) in [6.07, 6.45) is 8.65. The Kier molecular flexibility index (Phi) is 4.36. The Hall–Kier alpha value is -1.35. The van der Waals surface area contributed by atoms with Gasteiger partial charge < -0.3 is 9.88 Å². The van der Waals surface area contributed by atoms with Gasteiger partial charge in [0.1, 0.15) is 0 Å². The fourth-order valence-electron chi connectivity index (χ4n) is 3.52. The fraction of sp³-hybridized carbons (Fsp3) is 0.588. The molecular weight excluding hydrogens is 246 g/mol. The molecule has 0 amide bonds. The molecule has 2 unspecified atom stereocenters. The Morgan fingerprint density at radius 3 is 3.10 bits per heavy atom. The molecule has 0 bridgehead atoms. The summed E-state index contributed by atoms with van der Waals surface area (Å²) >= 11 is 0. The third-order valence-corrected chi connectivity index (χ3v) is 4.69. The van der Waals surface area contributed by atoms with Crippen molar-refractivity contribution in [1.29, 1.82) is 0 Å². The molecule has 1 fully saturated rings. The Morgan fingerprint density at radius 1 is 1.30 bits per heavy atom. The van der Waals surface area contributed by atoms with E-state index in [0.29, 0.717) is 0 Å². The lowest BCUT2D eigenvalue weighted by Crippen LogP contribution is -2.33. The lowest BCUT2D eigenvalue weighted by atomic mass is 10.0. The summed E-state index contributed by atoms with van der Waals surface area (Å²) in [4.78, 5) is 4.44. The van der Waals surface area contributed by atoms with E-state index in [4.69, 9.17) is 0 Å². The minimum absolute atomic E-state index is 0.763. The van der Waals surface area contributed by atoms with E-state index in [-0.39, 0.29) is 0 Å². The Balaban J connectivity index is 1.48. The highest BCUT2D eigenvalue weighted by Crippen LogP contribution is 2.27. The van der Waals surface area contributed by atoms with E-state index in [0.717, 1.165) is 30.6 Å². The lowest BCUT2D eigenvalue weighted by molar-refractivity contribution is 0.385. The molecule has 20 heavy (non-hydrogen) atoms. The average Bonchev–Trinajstić information content (AvgIpc) is 3.10. The van der Waals surface area contributed by atoms with Gasteiger partial charge in [-0.1, -0.05) is 31.9 Å². The number of fused-ring (bicyclic) bond motifs is 1. The molecule has 0 spiro atoms. The summed E-state index contributed by atoms with van der Waals surface area (Å²) in [6, 6.07) is 9.13. The molecule has 108 valence electrons. The number of nitrogens with zero attached hydrogens (tertiary/aromatic N) is 2. The van der Waals surface area contributed by atoms with Gasteiger partial charge in [-0.05, 0) is 43.9 Å². The van der Waals surface area contributed by atoms with Gasteiger partial charge in [0, 0.05) is 12.6 Å². The number of benzene rings is 1. The zero-order valence-electron chi connectivity index (χ0n) is 12.4. The van der Waals surface area contributed by atoms with Gasteiger partial charge in [-0.2, -0.15) is 0 Å². The van der Waals surface area contributed by atoms with Crippen LogP contribution in [0, 0.1) is 5.92 Å². The third-order valence-electron chi connectivity index (χ3n) is 4.69. The second-order valence-corrected chi connectivity index (χ2v) is 5.94. The van der Waals surface area contributed by atoms with Gasteiger partial charge in [0.2, 0.25) is 0 Å². The zero-order chi connectivity index (χ0) is 13.8. The topological polar surface area (TPSA) is 29.9 Å². The Morgan fingerprint density at radius 2 is 2.20 bits per heavy atom. The first-order chi connectivity index (χ1) is 9.88. The number of aromatic nitrogens is 2. The summed E-state index contributed by atoms with van der Waals surface area (Å²) in [5.74, 6) is 0.907. The lowest BCUT2D eigenvalue weighted by Gasteiger charge is -2.19. The highest BCUT2D eigenvalue weighted by atomic mass is 15.0. The Labute approximate surface area is 121 Å². The molecule has 3 nitrogen and oxygen atoms in total. The minimum Gasteiger partial charge on any atom is -0.331 e. The summed E-state index contributed by atoms with van der Waals surface area (Å²) in [5.41, 5.74) is 2.35. The van der Waals surface area contributed by atoms with Crippen LogP contribution in [0.4, 0.5) is 0 Å². The van der Waals surface area contributed by atoms with E-state index in [1.165, 1.54) is 37.6 Å². The van der Waals surface area contributed by atoms with Gasteiger partial charge in [0.15, 0.2) is 0 Å². The van der Waals surface area contributed by atoms with Crippen LogP contribution in [-0.2, 0) is 6.54 Å². The van der Waals surface area contributed by atoms with E-state index < -0.39 is 0 Å². The van der Waals surface area contributed by atoms with Crippen molar-refractivity contribution >= 4 is 11.0 Å². The molecule has 0 saturated heterocycles. The molecular formula is C17H25N3. The van der Waals surface area contributed by atoms with Crippen molar-refractivity contribution in [3.8, 4) is 0 Å². The van der Waals surface area contributed by atoms with Crippen molar-refractivity contribution in [2.45, 2.75) is 51.6 Å². The summed E-state index contributed by atoms with van der Waals surface area (Å²) in [7, 11) is 0. The van der Waals surface area contributed by atoms with Crippen molar-refractivity contribution in [2.24, 2.45) is 5.92 Å². The monoisotopic (exact) mass is 271 g/mol. The van der Waals surface area contributed by atoms with Crippen LogP contribution in [0.1, 0.15) is 39.0 Å². The highest BCUT2D eigenvalue weighted by molar-refractivity contribution is 5.74. The molecule has 1 aliphatic carbocycles. The van der Waals surface area contributed by atoms with Gasteiger partial charge >= 0.3 is 0 Å². The van der Waals surface area contributed by atoms with Crippen LogP contribution in [0.3, 0.4) is 0 Å². The number of imidazole rings is 1. The SMILES string of the molecule is CCC1CCCC1NCCCn1cnc2ccccc21. The quantitative estimate of drug-likeness (QED) is 0.814. The van der Waals surface area contributed by atoms with E-state index in [9.17, 15) is 0 Å². The first-order valence-electron chi connectivity index (χ1n) is 8.01. The molecule has 0 aliphatic heterocycles. The molecule has 1 N–H and O–H groups in total. The smallest absolute Gasteiger partial charge is 0.0958 e. The molecule has 2 aromatic rings. The number of hydrogen-bond donors (Lipinski definition) is 1. The van der Waals surface area contributed by atoms with Gasteiger partial charge in [-0.15, -0.1) is 0 Å². The predicted octanol–water partition coefficient (Wildman–Crippen LogP) is 3.59. The molecule has 1 heterocycles. The van der Waals surface area contributed by atoms with Crippen molar-refractivity contribution < 1.29 is 0 Å². The second kappa shape index (κ2) is 6.40. The molecule has 3 heteroatoms. The van der Waals surface area contributed by atoms with Gasteiger partial charge in [0.25, 0.3) is 0 Å². The molecule has 2 atom stereocenters. The number of hydrogen-bond acceptors (Lipinski definition) is 2. The average molecular weight is 271 g/mol. The van der Waals surface area contributed by atoms with Crippen molar-refractivity contribution in [3.63, 3.8) is 0 Å². The molecule has 3 rings (SSSR count). The maximum absolute atomic E-state index is 4.44. The van der Waals surface area contributed by atoms with Crippen molar-refractivity contribution in [3.05, 3.63) is 30.6 Å². The zero-order valence-corrected chi connectivity index (χ0v) is 12.4. The number of rotatable bonds is 6. The second-order valence-electron chi connectivity index (χ2n) is 5.94. The molecule has 1 aliphatic rings. The minimum atomic E-state index is 0.763. The summed E-state index contributed by atoms with van der Waals surface area (Å²) in [5, 5.41) is 3.76. The van der Waals surface area contributed by atoms with Crippen molar-refractivity contribution in [2.75, 3.05) is 6.54 Å². The van der Waals surface area contributed by atoms with Gasteiger partial charge in [-0.25, -0.2) is 4.98 Å². The number of nitrogens with one attached hydrogen (secondary N) is 1. The molecule has 1 aromatic heterocycles. The van der Waals surface area contributed by atoms with Crippen LogP contribution in [0.5, 0.6) is 0 Å². The summed E-state index contributed by atoms with van der Waals surface area (Å²) < 4.78 is 2.27. The number of aryl methyl sites for hydroxylation is 1. The molecule has 1 saturated carbocycles. The standard InChI is InChI=1S/C17H25N3/c1-2-14-7-5-9-15(14)18-11-6-12-20-13-19-16-8-3-4-10-17(16)20/h3-4,8,10,13-15,18H,2,5-7,9,11-12H2,1H3.